The zero-order chi connectivity index (χ0) is 18.8. The predicted molar refractivity (Wildman–Crippen MR) is 104 cm³/mol. The summed E-state index contributed by atoms with van der Waals surface area (Å²) in [5.74, 6) is 0.549. The molecule has 0 aliphatic carbocycles. The van der Waals surface area contributed by atoms with E-state index in [0.29, 0.717) is 17.0 Å². The Kier molecular flexibility index (Phi) is 4.64. The molecule has 0 saturated heterocycles. The first kappa shape index (κ1) is 17.3. The maximum atomic E-state index is 12.6. The minimum atomic E-state index is -0.159. The Hall–Kier alpha value is -3.13. The molecule has 2 aromatic carbocycles. The van der Waals surface area contributed by atoms with Crippen LogP contribution < -0.4 is 10.1 Å². The van der Waals surface area contributed by atoms with Crippen LogP contribution in [0.2, 0.25) is 0 Å². The summed E-state index contributed by atoms with van der Waals surface area (Å²) in [5, 5.41) is 7.96. The minimum Gasteiger partial charge on any atom is -0.497 e. The molecule has 8 heteroatoms. The summed E-state index contributed by atoms with van der Waals surface area (Å²) in [5.41, 5.74) is 2.85. The van der Waals surface area contributed by atoms with Crippen LogP contribution in [0.3, 0.4) is 0 Å². The van der Waals surface area contributed by atoms with Gasteiger partial charge >= 0.3 is 0 Å². The third kappa shape index (κ3) is 3.56. The first-order valence-corrected chi connectivity index (χ1v) is 8.92. The highest BCUT2D eigenvalue weighted by Gasteiger charge is 2.14. The number of anilines is 1. The van der Waals surface area contributed by atoms with Crippen LogP contribution in [0.5, 0.6) is 5.75 Å². The number of benzene rings is 2. The van der Waals surface area contributed by atoms with Crippen molar-refractivity contribution < 1.29 is 13.9 Å². The van der Waals surface area contributed by atoms with E-state index in [4.69, 9.17) is 9.15 Å². The molecule has 0 fully saturated rings. The van der Waals surface area contributed by atoms with Crippen LogP contribution >= 0.6 is 15.9 Å². The molecule has 0 atom stereocenters. The van der Waals surface area contributed by atoms with Crippen molar-refractivity contribution in [3.63, 3.8) is 0 Å². The Morgan fingerprint density at radius 3 is 2.96 bits per heavy atom. The molecule has 4 aromatic rings. The van der Waals surface area contributed by atoms with Gasteiger partial charge in [0.2, 0.25) is 5.91 Å². The first-order valence-electron chi connectivity index (χ1n) is 8.12. The summed E-state index contributed by atoms with van der Waals surface area (Å²) in [6, 6.07) is 11.1. The number of amides is 1. The summed E-state index contributed by atoms with van der Waals surface area (Å²) in [6.07, 6.45) is 4.81. The lowest BCUT2D eigenvalue weighted by Gasteiger charge is -2.11. The zero-order valence-electron chi connectivity index (χ0n) is 14.3. The third-order valence-electron chi connectivity index (χ3n) is 4.11. The number of ether oxygens (including phenoxy) is 1. The van der Waals surface area contributed by atoms with Gasteiger partial charge in [-0.05, 0) is 30.3 Å². The van der Waals surface area contributed by atoms with E-state index in [-0.39, 0.29) is 12.3 Å². The van der Waals surface area contributed by atoms with Gasteiger partial charge in [-0.15, -0.1) is 0 Å². The van der Waals surface area contributed by atoms with Gasteiger partial charge in [0.15, 0.2) is 0 Å². The van der Waals surface area contributed by atoms with E-state index < -0.39 is 0 Å². The normalized spacial score (nSPS) is 10.9. The average molecular weight is 427 g/mol. The highest BCUT2D eigenvalue weighted by Crippen LogP contribution is 2.27. The number of halogens is 1. The fraction of sp³-hybridized carbons (Fsp3) is 0.105. The van der Waals surface area contributed by atoms with E-state index in [9.17, 15) is 4.79 Å². The summed E-state index contributed by atoms with van der Waals surface area (Å²) < 4.78 is 13.2. The van der Waals surface area contributed by atoms with Gasteiger partial charge in [-0.1, -0.05) is 15.9 Å². The van der Waals surface area contributed by atoms with Crippen LogP contribution in [0.25, 0.3) is 16.7 Å². The van der Waals surface area contributed by atoms with Crippen molar-refractivity contribution >= 4 is 38.5 Å². The van der Waals surface area contributed by atoms with E-state index >= 15 is 0 Å². The lowest BCUT2D eigenvalue weighted by atomic mass is 10.1. The quantitative estimate of drug-likeness (QED) is 0.521. The Morgan fingerprint density at radius 1 is 1.30 bits per heavy atom. The maximum Gasteiger partial charge on any atom is 0.228 e. The van der Waals surface area contributed by atoms with Gasteiger partial charge in [-0.2, -0.15) is 5.10 Å². The van der Waals surface area contributed by atoms with Gasteiger partial charge < -0.3 is 14.5 Å². The van der Waals surface area contributed by atoms with Crippen LogP contribution in [0.4, 0.5) is 5.69 Å². The van der Waals surface area contributed by atoms with Crippen LogP contribution in [0.15, 0.2) is 64.2 Å². The van der Waals surface area contributed by atoms with Gasteiger partial charge in [0, 0.05) is 21.5 Å². The fourth-order valence-electron chi connectivity index (χ4n) is 2.84. The molecule has 7 nitrogen and oxygen atoms in total. The monoisotopic (exact) mass is 426 g/mol. The number of hydrogen-bond acceptors (Lipinski definition) is 5. The molecule has 1 N–H and O–H groups in total. The molecule has 0 aliphatic heterocycles. The number of rotatable bonds is 5. The van der Waals surface area contributed by atoms with E-state index in [1.165, 1.54) is 6.33 Å². The summed E-state index contributed by atoms with van der Waals surface area (Å²) >= 11 is 3.43. The molecular formula is C19H15BrN4O3. The summed E-state index contributed by atoms with van der Waals surface area (Å²) in [6.45, 7) is 0. The van der Waals surface area contributed by atoms with Crippen molar-refractivity contribution in [2.24, 2.45) is 0 Å². The molecule has 0 saturated carbocycles. The second-order valence-electron chi connectivity index (χ2n) is 5.85. The number of hydrogen-bond donors (Lipinski definition) is 1. The second kappa shape index (κ2) is 7.24. The van der Waals surface area contributed by atoms with Gasteiger partial charge in [0.05, 0.1) is 31.2 Å². The number of furan rings is 1. The highest BCUT2D eigenvalue weighted by molar-refractivity contribution is 9.10. The third-order valence-corrected chi connectivity index (χ3v) is 4.61. The van der Waals surface area contributed by atoms with Crippen LogP contribution in [0, 0.1) is 0 Å². The Bertz CT molecular complexity index is 1110. The van der Waals surface area contributed by atoms with Crippen LogP contribution in [-0.2, 0) is 11.2 Å². The van der Waals surface area contributed by atoms with E-state index in [1.807, 2.05) is 30.3 Å². The Balaban J connectivity index is 1.58. The smallest absolute Gasteiger partial charge is 0.228 e. The van der Waals surface area contributed by atoms with Crippen molar-refractivity contribution in [3.05, 3.63) is 65.4 Å². The number of nitrogens with one attached hydrogen (secondary N) is 1. The van der Waals surface area contributed by atoms with E-state index in [2.05, 4.69) is 31.3 Å². The molecule has 0 bridgehead atoms. The van der Waals surface area contributed by atoms with Gasteiger partial charge in [-0.25, -0.2) is 9.67 Å². The average Bonchev–Trinajstić information content (AvgIpc) is 3.32. The topological polar surface area (TPSA) is 82.2 Å². The van der Waals surface area contributed by atoms with Gasteiger partial charge in [0.1, 0.15) is 24.0 Å². The lowest BCUT2D eigenvalue weighted by Crippen LogP contribution is -2.16. The standard InChI is InChI=1S/C19H15BrN4O3/c1-26-14-3-4-15-12(9-27-18(15)8-14)6-19(25)23-16-7-13(20)2-5-17(16)24-11-21-10-22-24/h2-5,7-11H,6H2,1H3,(H,23,25). The molecular weight excluding hydrogens is 412 g/mol. The van der Waals surface area contributed by atoms with Crippen molar-refractivity contribution in [1.29, 1.82) is 0 Å². The molecule has 2 aromatic heterocycles. The second-order valence-corrected chi connectivity index (χ2v) is 6.77. The lowest BCUT2D eigenvalue weighted by molar-refractivity contribution is -0.115. The highest BCUT2D eigenvalue weighted by atomic mass is 79.9. The largest absolute Gasteiger partial charge is 0.497 e. The number of nitrogens with zero attached hydrogens (tertiary/aromatic N) is 3. The molecule has 4 rings (SSSR count). The number of fused-ring (bicyclic) bond motifs is 1. The van der Waals surface area contributed by atoms with Crippen LogP contribution in [-0.4, -0.2) is 27.8 Å². The van der Waals surface area contributed by atoms with Crippen molar-refractivity contribution in [2.45, 2.75) is 6.42 Å². The molecule has 27 heavy (non-hydrogen) atoms. The van der Waals surface area contributed by atoms with Crippen LogP contribution in [0.1, 0.15) is 5.56 Å². The SMILES string of the molecule is COc1ccc2c(CC(=O)Nc3cc(Br)ccc3-n3cncn3)coc2c1. The van der Waals surface area contributed by atoms with Gasteiger partial charge in [-0.3, -0.25) is 4.79 Å². The maximum absolute atomic E-state index is 12.6. The number of carbonyl (C=O) groups is 1. The predicted octanol–water partition coefficient (Wildman–Crippen LogP) is 3.97. The van der Waals surface area contributed by atoms with E-state index in [1.54, 1.807) is 30.4 Å². The number of methoxy groups -OCH3 is 1. The number of aromatic nitrogens is 3. The number of carbonyl (C=O) groups excluding carboxylic acids is 1. The molecule has 0 spiro atoms. The molecule has 0 radical (unpaired) electrons. The van der Waals surface area contributed by atoms with Crippen molar-refractivity contribution in [3.8, 4) is 11.4 Å². The van der Waals surface area contributed by atoms with Crippen molar-refractivity contribution in [2.75, 3.05) is 12.4 Å². The molecule has 0 aliphatic rings. The first-order chi connectivity index (χ1) is 13.1. The summed E-state index contributed by atoms with van der Waals surface area (Å²) in [4.78, 5) is 16.6. The minimum absolute atomic E-state index is 0.159. The van der Waals surface area contributed by atoms with E-state index in [0.717, 1.165) is 21.1 Å². The summed E-state index contributed by atoms with van der Waals surface area (Å²) in [7, 11) is 1.60. The fourth-order valence-corrected chi connectivity index (χ4v) is 3.20. The van der Waals surface area contributed by atoms with Gasteiger partial charge in [0.25, 0.3) is 0 Å². The molecule has 136 valence electrons. The van der Waals surface area contributed by atoms with Crippen molar-refractivity contribution in [1.82, 2.24) is 14.8 Å². The molecule has 1 amide bonds. The Morgan fingerprint density at radius 2 is 2.19 bits per heavy atom. The zero-order valence-corrected chi connectivity index (χ0v) is 15.9. The Labute approximate surface area is 163 Å². The molecule has 2 heterocycles. The molecule has 0 unspecified atom stereocenters.